The van der Waals surface area contributed by atoms with Crippen LogP contribution in [0, 0.1) is 5.92 Å². The molecule has 24 heavy (non-hydrogen) atoms. The van der Waals surface area contributed by atoms with Crippen molar-refractivity contribution in [2.24, 2.45) is 5.92 Å². The van der Waals surface area contributed by atoms with E-state index in [0.717, 1.165) is 19.6 Å². The van der Waals surface area contributed by atoms with E-state index in [9.17, 15) is 4.79 Å². The second-order valence-electron chi connectivity index (χ2n) is 7.28. The number of nitrogens with one attached hydrogen (secondary N) is 2. The monoisotopic (exact) mass is 349 g/mol. The van der Waals surface area contributed by atoms with Gasteiger partial charge in [0.05, 0.1) is 6.04 Å². The number of thiophene rings is 1. The maximum absolute atomic E-state index is 12.5. The predicted molar refractivity (Wildman–Crippen MR) is 100 cm³/mol. The van der Waals surface area contributed by atoms with Crippen LogP contribution in [-0.2, 0) is 4.79 Å². The molecule has 1 aromatic heterocycles. The molecule has 2 aliphatic rings. The van der Waals surface area contributed by atoms with Crippen LogP contribution in [0.2, 0.25) is 0 Å². The molecule has 1 aromatic rings. The van der Waals surface area contributed by atoms with Crippen molar-refractivity contribution in [3.8, 4) is 0 Å². The summed E-state index contributed by atoms with van der Waals surface area (Å²) in [5.74, 6) is 0.797. The van der Waals surface area contributed by atoms with Crippen LogP contribution < -0.4 is 10.6 Å². The fourth-order valence-corrected chi connectivity index (χ4v) is 5.18. The number of carbonyl (C=O) groups is 1. The molecule has 0 radical (unpaired) electrons. The van der Waals surface area contributed by atoms with Gasteiger partial charge in [0, 0.05) is 25.0 Å². The second-order valence-corrected chi connectivity index (χ2v) is 8.06. The summed E-state index contributed by atoms with van der Waals surface area (Å²) < 4.78 is 0. The quantitative estimate of drug-likeness (QED) is 0.758. The molecule has 2 bridgehead atoms. The molecule has 4 nitrogen and oxygen atoms in total. The Labute approximate surface area is 150 Å². The second kappa shape index (κ2) is 8.45. The summed E-state index contributed by atoms with van der Waals surface area (Å²) >= 11 is 1.73. The highest BCUT2D eigenvalue weighted by Gasteiger charge is 2.34. The van der Waals surface area contributed by atoms with E-state index in [-0.39, 0.29) is 5.91 Å². The number of rotatable bonds is 8. The van der Waals surface area contributed by atoms with Crippen LogP contribution in [0.1, 0.15) is 57.6 Å². The SMILES string of the molecule is CCN(CC)C(CNC(=O)CC1CC2CCC(C1)N2)c1ccsc1. The summed E-state index contributed by atoms with van der Waals surface area (Å²) in [5.41, 5.74) is 1.32. The number of hydrogen-bond acceptors (Lipinski definition) is 4. The normalized spacial score (nSPS) is 27.4. The van der Waals surface area contributed by atoms with Gasteiger partial charge in [0.2, 0.25) is 5.91 Å². The highest BCUT2D eigenvalue weighted by molar-refractivity contribution is 7.07. The first kappa shape index (κ1) is 17.9. The Balaban J connectivity index is 1.51. The van der Waals surface area contributed by atoms with Crippen molar-refractivity contribution in [2.45, 2.75) is 64.1 Å². The maximum Gasteiger partial charge on any atom is 0.220 e. The summed E-state index contributed by atoms with van der Waals surface area (Å²) in [6.45, 7) is 7.11. The van der Waals surface area contributed by atoms with Crippen molar-refractivity contribution in [3.63, 3.8) is 0 Å². The van der Waals surface area contributed by atoms with Crippen molar-refractivity contribution >= 4 is 17.2 Å². The molecule has 3 atom stereocenters. The lowest BCUT2D eigenvalue weighted by molar-refractivity contribution is -0.122. The number of piperidine rings is 1. The molecule has 3 heterocycles. The van der Waals surface area contributed by atoms with Crippen LogP contribution >= 0.6 is 11.3 Å². The first-order valence-corrected chi connectivity index (χ1v) is 10.4. The Hall–Kier alpha value is -0.910. The largest absolute Gasteiger partial charge is 0.354 e. The number of fused-ring (bicyclic) bond motifs is 2. The highest BCUT2D eigenvalue weighted by Crippen LogP contribution is 2.32. The molecule has 0 aromatic carbocycles. The number of hydrogen-bond donors (Lipinski definition) is 2. The van der Waals surface area contributed by atoms with Gasteiger partial charge in [-0.2, -0.15) is 11.3 Å². The van der Waals surface area contributed by atoms with E-state index >= 15 is 0 Å². The van der Waals surface area contributed by atoms with Crippen LogP contribution in [0.3, 0.4) is 0 Å². The minimum atomic E-state index is 0.230. The molecule has 2 fully saturated rings. The van der Waals surface area contributed by atoms with E-state index < -0.39 is 0 Å². The van der Waals surface area contributed by atoms with Crippen molar-refractivity contribution < 1.29 is 4.79 Å². The molecule has 2 aliphatic heterocycles. The van der Waals surface area contributed by atoms with E-state index in [1.54, 1.807) is 11.3 Å². The number of nitrogens with zero attached hydrogens (tertiary/aromatic N) is 1. The van der Waals surface area contributed by atoms with Crippen LogP contribution in [0.5, 0.6) is 0 Å². The van der Waals surface area contributed by atoms with E-state index in [1.807, 2.05) is 0 Å². The van der Waals surface area contributed by atoms with Gasteiger partial charge in [-0.3, -0.25) is 9.69 Å². The third-order valence-electron chi connectivity index (χ3n) is 5.72. The van der Waals surface area contributed by atoms with Gasteiger partial charge >= 0.3 is 0 Å². The van der Waals surface area contributed by atoms with Crippen molar-refractivity contribution in [1.29, 1.82) is 0 Å². The van der Waals surface area contributed by atoms with Gasteiger partial charge in [0.1, 0.15) is 0 Å². The zero-order valence-corrected chi connectivity index (χ0v) is 15.8. The van der Waals surface area contributed by atoms with Crippen LogP contribution in [0.4, 0.5) is 0 Å². The van der Waals surface area contributed by atoms with Crippen LogP contribution in [0.25, 0.3) is 0 Å². The average molecular weight is 350 g/mol. The first-order valence-electron chi connectivity index (χ1n) is 9.48. The summed E-state index contributed by atoms with van der Waals surface area (Å²) in [5, 5.41) is 11.2. The molecule has 1 amide bonds. The number of amides is 1. The molecule has 3 unspecified atom stereocenters. The van der Waals surface area contributed by atoms with Gasteiger partial charge in [-0.25, -0.2) is 0 Å². The Morgan fingerprint density at radius 1 is 1.33 bits per heavy atom. The number of carbonyl (C=O) groups excluding carboxylic acids is 1. The zero-order chi connectivity index (χ0) is 16.9. The van der Waals surface area contributed by atoms with E-state index in [1.165, 1.54) is 31.2 Å². The maximum atomic E-state index is 12.5. The highest BCUT2D eigenvalue weighted by atomic mass is 32.1. The summed E-state index contributed by atoms with van der Waals surface area (Å²) in [6, 6.07) is 3.80. The first-order chi connectivity index (χ1) is 11.7. The topological polar surface area (TPSA) is 44.4 Å². The fraction of sp³-hybridized carbons (Fsp3) is 0.737. The number of likely N-dealkylation sites (N-methyl/N-ethyl adjacent to an activating group) is 1. The van der Waals surface area contributed by atoms with Crippen LogP contribution in [-0.4, -0.2) is 42.5 Å². The Kier molecular flexibility index (Phi) is 6.31. The summed E-state index contributed by atoms with van der Waals surface area (Å²) in [6.07, 6.45) is 5.64. The Morgan fingerprint density at radius 2 is 2.04 bits per heavy atom. The van der Waals surface area contributed by atoms with Gasteiger partial charge in [-0.15, -0.1) is 0 Å². The standard InChI is InChI=1S/C19H31N3OS/c1-3-22(4-2)18(15-7-8-24-13-15)12-20-19(23)11-14-9-16-5-6-17(10-14)21-16/h7-8,13-14,16-18,21H,3-6,9-12H2,1-2H3,(H,20,23). The molecular formula is C19H31N3OS. The average Bonchev–Trinajstić information content (AvgIpc) is 3.21. The zero-order valence-electron chi connectivity index (χ0n) is 15.0. The van der Waals surface area contributed by atoms with Gasteiger partial charge in [-0.1, -0.05) is 13.8 Å². The van der Waals surface area contributed by atoms with Crippen molar-refractivity contribution in [2.75, 3.05) is 19.6 Å². The molecule has 0 aliphatic carbocycles. The minimum absolute atomic E-state index is 0.230. The van der Waals surface area contributed by atoms with E-state index in [2.05, 4.69) is 46.2 Å². The van der Waals surface area contributed by atoms with Gasteiger partial charge < -0.3 is 10.6 Å². The predicted octanol–water partition coefficient (Wildman–Crippen LogP) is 3.17. The van der Waals surface area contributed by atoms with Crippen molar-refractivity contribution in [3.05, 3.63) is 22.4 Å². The van der Waals surface area contributed by atoms with Gasteiger partial charge in [0.15, 0.2) is 0 Å². The fourth-order valence-electron chi connectivity index (χ4n) is 4.47. The third kappa shape index (κ3) is 4.38. The molecule has 3 rings (SSSR count). The molecule has 134 valence electrons. The molecular weight excluding hydrogens is 318 g/mol. The summed E-state index contributed by atoms with van der Waals surface area (Å²) in [4.78, 5) is 14.9. The molecule has 2 saturated heterocycles. The molecule has 0 saturated carbocycles. The van der Waals surface area contributed by atoms with Gasteiger partial charge in [0.25, 0.3) is 0 Å². The smallest absolute Gasteiger partial charge is 0.220 e. The summed E-state index contributed by atoms with van der Waals surface area (Å²) in [7, 11) is 0. The van der Waals surface area contributed by atoms with Crippen LogP contribution in [0.15, 0.2) is 16.8 Å². The van der Waals surface area contributed by atoms with E-state index in [4.69, 9.17) is 0 Å². The lowest BCUT2D eigenvalue weighted by Crippen LogP contribution is -2.41. The molecule has 5 heteroatoms. The van der Waals surface area contributed by atoms with E-state index in [0.29, 0.717) is 30.5 Å². The minimum Gasteiger partial charge on any atom is -0.354 e. The Morgan fingerprint density at radius 3 is 2.62 bits per heavy atom. The van der Waals surface area contributed by atoms with Crippen molar-refractivity contribution in [1.82, 2.24) is 15.5 Å². The molecule has 2 N–H and O–H groups in total. The lowest BCUT2D eigenvalue weighted by Gasteiger charge is -2.31. The Bertz CT molecular complexity index is 503. The third-order valence-corrected chi connectivity index (χ3v) is 6.42. The lowest BCUT2D eigenvalue weighted by atomic mass is 9.89. The molecule has 0 spiro atoms. The van der Waals surface area contributed by atoms with Gasteiger partial charge in [-0.05, 0) is 67.1 Å².